The molecule has 0 spiro atoms. The molecule has 0 bridgehead atoms. The van der Waals surface area contributed by atoms with Gasteiger partial charge in [-0.15, -0.1) is 0 Å². The summed E-state index contributed by atoms with van der Waals surface area (Å²) in [6.07, 6.45) is 3.69. The van der Waals surface area contributed by atoms with Gasteiger partial charge in [-0.25, -0.2) is 4.79 Å². The monoisotopic (exact) mass is 302 g/mol. The molecule has 0 aromatic heterocycles. The topological polar surface area (TPSA) is 79.8 Å². The van der Waals surface area contributed by atoms with Crippen LogP contribution in [0.25, 0.3) is 0 Å². The second kappa shape index (κ2) is 9.23. The summed E-state index contributed by atoms with van der Waals surface area (Å²) in [7, 11) is 0. The summed E-state index contributed by atoms with van der Waals surface area (Å²) in [5.41, 5.74) is -0.447. The number of rotatable bonds is 7. The number of carbonyl (C=O) groups is 1. The number of hydrogen-bond acceptors (Lipinski definition) is 5. The van der Waals surface area contributed by atoms with Gasteiger partial charge in [0, 0.05) is 18.6 Å². The van der Waals surface area contributed by atoms with E-state index in [1.807, 2.05) is 20.8 Å². The molecule has 1 rings (SSSR count). The van der Waals surface area contributed by atoms with Crippen LogP contribution in [0.5, 0.6) is 0 Å². The van der Waals surface area contributed by atoms with Gasteiger partial charge >= 0.3 is 6.09 Å². The summed E-state index contributed by atoms with van der Waals surface area (Å²) in [5, 5.41) is 15.0. The molecule has 124 valence electrons. The molecule has 0 aliphatic heterocycles. The van der Waals surface area contributed by atoms with E-state index in [0.29, 0.717) is 19.3 Å². The fraction of sp³-hybridized carbons (Fsp3) is 0.933. The van der Waals surface area contributed by atoms with Crippen molar-refractivity contribution in [3.63, 3.8) is 0 Å². The Morgan fingerprint density at radius 2 is 1.76 bits per heavy atom. The number of alkyl carbamates (subject to hydrolysis) is 1. The highest BCUT2D eigenvalue weighted by molar-refractivity contribution is 5.68. The maximum absolute atomic E-state index is 11.7. The molecule has 1 fully saturated rings. The van der Waals surface area contributed by atoms with E-state index in [9.17, 15) is 4.79 Å². The van der Waals surface area contributed by atoms with E-state index < -0.39 is 5.60 Å². The van der Waals surface area contributed by atoms with Crippen molar-refractivity contribution < 1.29 is 19.4 Å². The van der Waals surface area contributed by atoms with Gasteiger partial charge in [0.1, 0.15) is 5.60 Å². The van der Waals surface area contributed by atoms with E-state index in [0.717, 1.165) is 32.2 Å². The van der Waals surface area contributed by atoms with Crippen LogP contribution in [0.3, 0.4) is 0 Å². The fourth-order valence-electron chi connectivity index (χ4n) is 2.42. The Labute approximate surface area is 127 Å². The SMILES string of the molecule is CC(C)(C)OC(=O)NC1CCC(NCCOCCO)CC1. The van der Waals surface area contributed by atoms with Gasteiger partial charge in [0.2, 0.25) is 0 Å². The van der Waals surface area contributed by atoms with E-state index in [2.05, 4.69) is 10.6 Å². The van der Waals surface area contributed by atoms with Gasteiger partial charge < -0.3 is 25.2 Å². The molecule has 1 aliphatic carbocycles. The summed E-state index contributed by atoms with van der Waals surface area (Å²) in [4.78, 5) is 11.7. The molecule has 0 unspecified atom stereocenters. The van der Waals surface area contributed by atoms with Gasteiger partial charge in [-0.05, 0) is 46.5 Å². The molecule has 6 nitrogen and oxygen atoms in total. The standard InChI is InChI=1S/C15H30N2O4/c1-15(2,3)21-14(19)17-13-6-4-12(5-7-13)16-8-10-20-11-9-18/h12-13,16,18H,4-11H2,1-3H3,(H,17,19). The number of hydrogen-bond donors (Lipinski definition) is 3. The van der Waals surface area contributed by atoms with Crippen molar-refractivity contribution in [2.45, 2.75) is 64.1 Å². The first kappa shape index (κ1) is 18.2. The van der Waals surface area contributed by atoms with Crippen molar-refractivity contribution in [2.24, 2.45) is 0 Å². The smallest absolute Gasteiger partial charge is 0.407 e. The lowest BCUT2D eigenvalue weighted by Crippen LogP contribution is -2.44. The van der Waals surface area contributed by atoms with Gasteiger partial charge in [0.05, 0.1) is 19.8 Å². The first-order valence-corrected chi connectivity index (χ1v) is 7.82. The average molecular weight is 302 g/mol. The quantitative estimate of drug-likeness (QED) is 0.620. The van der Waals surface area contributed by atoms with Crippen molar-refractivity contribution >= 4 is 6.09 Å². The van der Waals surface area contributed by atoms with Crippen molar-refractivity contribution in [2.75, 3.05) is 26.4 Å². The van der Waals surface area contributed by atoms with Crippen LogP contribution in [-0.4, -0.2) is 55.2 Å². The lowest BCUT2D eigenvalue weighted by Gasteiger charge is -2.30. The highest BCUT2D eigenvalue weighted by Gasteiger charge is 2.24. The van der Waals surface area contributed by atoms with Crippen LogP contribution in [0.1, 0.15) is 46.5 Å². The molecule has 21 heavy (non-hydrogen) atoms. The summed E-state index contributed by atoms with van der Waals surface area (Å²) < 4.78 is 10.5. The van der Waals surface area contributed by atoms with E-state index in [1.54, 1.807) is 0 Å². The van der Waals surface area contributed by atoms with Crippen LogP contribution in [0.4, 0.5) is 4.79 Å². The summed E-state index contributed by atoms with van der Waals surface area (Å²) in [5.74, 6) is 0. The second-order valence-corrected chi connectivity index (χ2v) is 6.48. The van der Waals surface area contributed by atoms with Crippen molar-refractivity contribution in [1.82, 2.24) is 10.6 Å². The molecule has 0 aromatic rings. The zero-order chi connectivity index (χ0) is 15.7. The van der Waals surface area contributed by atoms with E-state index in [-0.39, 0.29) is 18.7 Å². The van der Waals surface area contributed by atoms with Crippen LogP contribution in [0.2, 0.25) is 0 Å². The molecule has 0 atom stereocenters. The second-order valence-electron chi connectivity index (χ2n) is 6.48. The summed E-state index contributed by atoms with van der Waals surface area (Å²) in [6, 6.07) is 0.697. The largest absolute Gasteiger partial charge is 0.444 e. The van der Waals surface area contributed by atoms with E-state index in [1.165, 1.54) is 0 Å². The third-order valence-electron chi connectivity index (χ3n) is 3.36. The first-order valence-electron chi connectivity index (χ1n) is 7.82. The molecular weight excluding hydrogens is 272 g/mol. The average Bonchev–Trinajstić information content (AvgIpc) is 2.38. The predicted octanol–water partition coefficient (Wildman–Crippen LogP) is 1.42. The Hall–Kier alpha value is -0.850. The Morgan fingerprint density at radius 3 is 2.33 bits per heavy atom. The third kappa shape index (κ3) is 8.90. The van der Waals surface area contributed by atoms with Gasteiger partial charge in [-0.2, -0.15) is 0 Å². The van der Waals surface area contributed by atoms with Crippen molar-refractivity contribution in [3.05, 3.63) is 0 Å². The summed E-state index contributed by atoms with van der Waals surface area (Å²) in [6.45, 7) is 7.49. The van der Waals surface area contributed by atoms with Crippen LogP contribution in [0, 0.1) is 0 Å². The first-order chi connectivity index (χ1) is 9.90. The Bertz CT molecular complexity index is 297. The van der Waals surface area contributed by atoms with Crippen LogP contribution in [-0.2, 0) is 9.47 Å². The fourth-order valence-corrected chi connectivity index (χ4v) is 2.42. The molecule has 1 aliphatic rings. The number of aliphatic hydroxyl groups excluding tert-OH is 1. The molecule has 6 heteroatoms. The molecule has 0 radical (unpaired) electrons. The van der Waals surface area contributed by atoms with Gasteiger partial charge in [0.25, 0.3) is 0 Å². The minimum absolute atomic E-state index is 0.0709. The number of nitrogens with one attached hydrogen (secondary N) is 2. The lowest BCUT2D eigenvalue weighted by molar-refractivity contribution is 0.0488. The maximum atomic E-state index is 11.7. The Morgan fingerprint density at radius 1 is 1.14 bits per heavy atom. The van der Waals surface area contributed by atoms with Gasteiger partial charge in [0.15, 0.2) is 0 Å². The lowest BCUT2D eigenvalue weighted by atomic mass is 9.91. The zero-order valence-electron chi connectivity index (χ0n) is 13.5. The van der Waals surface area contributed by atoms with Crippen LogP contribution >= 0.6 is 0 Å². The minimum Gasteiger partial charge on any atom is -0.444 e. The number of ether oxygens (including phenoxy) is 2. The molecule has 0 heterocycles. The van der Waals surface area contributed by atoms with Crippen molar-refractivity contribution in [1.29, 1.82) is 0 Å². The van der Waals surface area contributed by atoms with Gasteiger partial charge in [-0.1, -0.05) is 0 Å². The van der Waals surface area contributed by atoms with Crippen molar-refractivity contribution in [3.8, 4) is 0 Å². The van der Waals surface area contributed by atoms with Crippen LogP contribution < -0.4 is 10.6 Å². The Kier molecular flexibility index (Phi) is 8.00. The third-order valence-corrected chi connectivity index (χ3v) is 3.36. The molecule has 3 N–H and O–H groups in total. The number of carbonyl (C=O) groups excluding carboxylic acids is 1. The maximum Gasteiger partial charge on any atom is 0.407 e. The van der Waals surface area contributed by atoms with Crippen LogP contribution in [0.15, 0.2) is 0 Å². The van der Waals surface area contributed by atoms with Gasteiger partial charge in [-0.3, -0.25) is 0 Å². The molecule has 1 amide bonds. The number of amides is 1. The molecule has 1 saturated carbocycles. The van der Waals surface area contributed by atoms with E-state index in [4.69, 9.17) is 14.6 Å². The predicted molar refractivity (Wildman–Crippen MR) is 81.3 cm³/mol. The van der Waals surface area contributed by atoms with E-state index >= 15 is 0 Å². The molecular formula is C15H30N2O4. The highest BCUT2D eigenvalue weighted by atomic mass is 16.6. The zero-order valence-corrected chi connectivity index (χ0v) is 13.5. The molecule has 0 aromatic carbocycles. The number of aliphatic hydroxyl groups is 1. The Balaban J connectivity index is 2.10. The normalized spacial score (nSPS) is 22.9. The molecule has 0 saturated heterocycles. The minimum atomic E-state index is -0.447. The summed E-state index contributed by atoms with van der Waals surface area (Å²) >= 11 is 0. The highest BCUT2D eigenvalue weighted by Crippen LogP contribution is 2.19.